The molecule has 3 atom stereocenters. The third-order valence-electron chi connectivity index (χ3n) is 5.41. The van der Waals surface area contributed by atoms with Crippen LogP contribution in [0.3, 0.4) is 0 Å². The molecule has 2 rings (SSSR count). The van der Waals surface area contributed by atoms with E-state index in [2.05, 4.69) is 15.9 Å². The van der Waals surface area contributed by atoms with E-state index in [9.17, 15) is 14.4 Å². The lowest BCUT2D eigenvalue weighted by Crippen LogP contribution is -2.50. The van der Waals surface area contributed by atoms with Gasteiger partial charge in [0.15, 0.2) is 6.10 Å². The minimum Gasteiger partial charge on any atom is -0.461 e. The van der Waals surface area contributed by atoms with E-state index in [0.717, 1.165) is 11.3 Å². The molecule has 2 amide bonds. The molecule has 0 saturated carbocycles. The Bertz CT molecular complexity index is 817. The van der Waals surface area contributed by atoms with Crippen LogP contribution >= 0.6 is 15.9 Å². The minimum atomic E-state index is -1.00. The Kier molecular flexibility index (Phi) is 8.33. The molecule has 1 fully saturated rings. The number of esters is 1. The van der Waals surface area contributed by atoms with Crippen LogP contribution in [0.2, 0.25) is 0 Å². The van der Waals surface area contributed by atoms with E-state index in [1.807, 2.05) is 13.8 Å². The van der Waals surface area contributed by atoms with Crippen LogP contribution in [0.25, 0.3) is 0 Å². The van der Waals surface area contributed by atoms with E-state index in [0.29, 0.717) is 28.8 Å². The maximum Gasteiger partial charge on any atom is 0.417 e. The number of amides is 2. The number of carbonyl (C=O) groups is 3. The molecule has 2 heterocycles. The summed E-state index contributed by atoms with van der Waals surface area (Å²) in [4.78, 5) is 38.9. The number of nitrogens with zero attached hydrogens (tertiary/aromatic N) is 1. The first-order valence-corrected chi connectivity index (χ1v) is 11.3. The van der Waals surface area contributed by atoms with E-state index in [4.69, 9.17) is 19.0 Å². The molecule has 3 unspecified atom stereocenters. The van der Waals surface area contributed by atoms with Gasteiger partial charge in [-0.1, -0.05) is 13.8 Å². The zero-order valence-electron chi connectivity index (χ0n) is 18.9. The third-order valence-corrected chi connectivity index (χ3v) is 6.08. The third kappa shape index (κ3) is 5.68. The molecule has 1 aromatic heterocycles. The molecule has 0 bridgehead atoms. The topological polar surface area (TPSA) is 106 Å². The van der Waals surface area contributed by atoms with E-state index >= 15 is 0 Å². The largest absolute Gasteiger partial charge is 0.461 e. The number of hydrogen-bond donors (Lipinski definition) is 1. The van der Waals surface area contributed by atoms with Crippen molar-refractivity contribution in [2.75, 3.05) is 6.61 Å². The van der Waals surface area contributed by atoms with Crippen molar-refractivity contribution in [2.45, 2.75) is 78.6 Å². The van der Waals surface area contributed by atoms with E-state index in [1.165, 1.54) is 6.92 Å². The SMILES string of the molecule is CC(=O)OC(c1cc(Br)c(CCCCO)o1)C(C)C(=O)N1C(=O)OC(C)(C)C1C(C)C. The summed E-state index contributed by atoms with van der Waals surface area (Å²) >= 11 is 3.44. The predicted octanol–water partition coefficient (Wildman–Crippen LogP) is 4.38. The zero-order chi connectivity index (χ0) is 23.5. The van der Waals surface area contributed by atoms with Crippen molar-refractivity contribution in [3.05, 3.63) is 22.1 Å². The van der Waals surface area contributed by atoms with Crippen LogP contribution in [0.15, 0.2) is 15.0 Å². The normalized spacial score (nSPS) is 20.0. The van der Waals surface area contributed by atoms with Crippen molar-refractivity contribution in [2.24, 2.45) is 11.8 Å². The number of ether oxygens (including phenoxy) is 2. The van der Waals surface area contributed by atoms with Crippen molar-refractivity contribution in [1.29, 1.82) is 0 Å². The molecular formula is C22H32BrNO7. The highest BCUT2D eigenvalue weighted by Crippen LogP contribution is 2.38. The summed E-state index contributed by atoms with van der Waals surface area (Å²) in [5.41, 5.74) is -0.828. The van der Waals surface area contributed by atoms with Crippen LogP contribution in [-0.2, 0) is 25.5 Å². The van der Waals surface area contributed by atoms with Crippen LogP contribution in [0.5, 0.6) is 0 Å². The number of rotatable bonds is 9. The Morgan fingerprint density at radius 1 is 1.29 bits per heavy atom. The van der Waals surface area contributed by atoms with Gasteiger partial charge in [0.25, 0.3) is 0 Å². The van der Waals surface area contributed by atoms with Crippen LogP contribution in [0.4, 0.5) is 4.79 Å². The van der Waals surface area contributed by atoms with Crippen LogP contribution < -0.4 is 0 Å². The second-order valence-corrected chi connectivity index (χ2v) is 9.64. The molecule has 174 valence electrons. The maximum atomic E-state index is 13.4. The molecular weight excluding hydrogens is 470 g/mol. The fourth-order valence-electron chi connectivity index (χ4n) is 4.16. The number of aryl methyl sites for hydroxylation is 1. The predicted molar refractivity (Wildman–Crippen MR) is 116 cm³/mol. The lowest BCUT2D eigenvalue weighted by Gasteiger charge is -2.33. The fourth-order valence-corrected chi connectivity index (χ4v) is 4.66. The first-order chi connectivity index (χ1) is 14.4. The van der Waals surface area contributed by atoms with Gasteiger partial charge in [-0.15, -0.1) is 0 Å². The summed E-state index contributed by atoms with van der Waals surface area (Å²) in [7, 11) is 0. The van der Waals surface area contributed by atoms with Gasteiger partial charge in [-0.3, -0.25) is 9.59 Å². The van der Waals surface area contributed by atoms with Gasteiger partial charge < -0.3 is 19.0 Å². The quantitative estimate of drug-likeness (QED) is 0.395. The van der Waals surface area contributed by atoms with Crippen molar-refractivity contribution in [1.82, 2.24) is 4.90 Å². The monoisotopic (exact) mass is 501 g/mol. The Labute approximate surface area is 191 Å². The summed E-state index contributed by atoms with van der Waals surface area (Å²) < 4.78 is 17.5. The van der Waals surface area contributed by atoms with Gasteiger partial charge in [0.05, 0.1) is 16.4 Å². The average Bonchev–Trinajstić information content (AvgIpc) is 3.14. The number of aliphatic hydroxyl groups is 1. The summed E-state index contributed by atoms with van der Waals surface area (Å²) in [5.74, 6) is -1.01. The van der Waals surface area contributed by atoms with Crippen LogP contribution in [0.1, 0.15) is 72.0 Å². The molecule has 9 heteroatoms. The highest BCUT2D eigenvalue weighted by molar-refractivity contribution is 9.10. The number of imide groups is 1. The molecule has 1 aliphatic heterocycles. The molecule has 8 nitrogen and oxygen atoms in total. The van der Waals surface area contributed by atoms with Gasteiger partial charge in [-0.2, -0.15) is 0 Å². The van der Waals surface area contributed by atoms with Crippen LogP contribution in [0, 0.1) is 11.8 Å². The van der Waals surface area contributed by atoms with Gasteiger partial charge in [-0.25, -0.2) is 9.69 Å². The molecule has 1 saturated heterocycles. The highest BCUT2D eigenvalue weighted by atomic mass is 79.9. The van der Waals surface area contributed by atoms with Crippen molar-refractivity contribution >= 4 is 33.9 Å². The van der Waals surface area contributed by atoms with Gasteiger partial charge in [-0.05, 0) is 61.5 Å². The summed E-state index contributed by atoms with van der Waals surface area (Å²) in [5, 5.41) is 8.98. The van der Waals surface area contributed by atoms with E-state index in [1.54, 1.807) is 26.8 Å². The standard InChI is InChI=1S/C22H32BrNO7/c1-12(2)19-22(5,6)31-21(28)24(19)20(27)13(3)18(29-14(4)26)17-11-15(23)16(30-17)9-7-8-10-25/h11-13,18-19,25H,7-10H2,1-6H3. The Morgan fingerprint density at radius 2 is 1.94 bits per heavy atom. The van der Waals surface area contributed by atoms with Gasteiger partial charge >= 0.3 is 12.1 Å². The fraction of sp³-hybridized carbons (Fsp3) is 0.682. The molecule has 1 aliphatic rings. The highest BCUT2D eigenvalue weighted by Gasteiger charge is 2.53. The van der Waals surface area contributed by atoms with Crippen LogP contribution in [-0.4, -0.2) is 46.2 Å². The zero-order valence-corrected chi connectivity index (χ0v) is 20.5. The summed E-state index contributed by atoms with van der Waals surface area (Å²) in [6.07, 6.45) is 0.233. The van der Waals surface area contributed by atoms with E-state index in [-0.39, 0.29) is 12.5 Å². The molecule has 1 N–H and O–H groups in total. The average molecular weight is 502 g/mol. The first-order valence-electron chi connectivity index (χ1n) is 10.5. The lowest BCUT2D eigenvalue weighted by atomic mass is 9.88. The minimum absolute atomic E-state index is 0.0272. The molecule has 0 aliphatic carbocycles. The summed E-state index contributed by atoms with van der Waals surface area (Å²) in [6.45, 7) is 10.4. The second kappa shape index (κ2) is 10.2. The Hall–Kier alpha value is -1.87. The van der Waals surface area contributed by atoms with Gasteiger partial charge in [0.2, 0.25) is 5.91 Å². The van der Waals surface area contributed by atoms with Crippen molar-refractivity contribution in [3.63, 3.8) is 0 Å². The molecule has 0 spiro atoms. The molecule has 0 radical (unpaired) electrons. The molecule has 1 aromatic rings. The Balaban J connectivity index is 2.34. The van der Waals surface area contributed by atoms with Gasteiger partial charge in [0, 0.05) is 20.0 Å². The number of halogens is 1. The molecule has 31 heavy (non-hydrogen) atoms. The number of furan rings is 1. The van der Waals surface area contributed by atoms with E-state index < -0.39 is 41.6 Å². The maximum absolute atomic E-state index is 13.4. The first kappa shape index (κ1) is 25.4. The number of unbranched alkanes of at least 4 members (excludes halogenated alkanes) is 1. The Morgan fingerprint density at radius 3 is 2.48 bits per heavy atom. The summed E-state index contributed by atoms with van der Waals surface area (Å²) in [6, 6.07) is 1.22. The lowest BCUT2D eigenvalue weighted by molar-refractivity contribution is -0.155. The second-order valence-electron chi connectivity index (χ2n) is 8.79. The molecule has 0 aromatic carbocycles. The van der Waals surface area contributed by atoms with Crippen molar-refractivity contribution < 1.29 is 33.4 Å². The number of aliphatic hydroxyl groups excluding tert-OH is 1. The number of cyclic esters (lactones) is 1. The number of carbonyl (C=O) groups excluding carboxylic acids is 3. The number of hydrogen-bond acceptors (Lipinski definition) is 7. The van der Waals surface area contributed by atoms with Gasteiger partial charge in [0.1, 0.15) is 17.1 Å². The smallest absolute Gasteiger partial charge is 0.417 e. The van der Waals surface area contributed by atoms with Crippen molar-refractivity contribution in [3.8, 4) is 0 Å².